The number of benzene rings is 2. The molecule has 1 atom stereocenters. The molecule has 1 heterocycles. The molecule has 0 saturated carbocycles. The molecule has 0 aliphatic carbocycles. The van der Waals surface area contributed by atoms with Crippen LogP contribution in [0.1, 0.15) is 24.1 Å². The highest BCUT2D eigenvalue weighted by atomic mass is 32.1. The Bertz CT molecular complexity index is 1040. The normalized spacial score (nSPS) is 16.3. The summed E-state index contributed by atoms with van der Waals surface area (Å²) < 4.78 is 29.9. The Hall–Kier alpha value is -3.13. The number of nitrogens with zero attached hydrogens (tertiary/aromatic N) is 1. The summed E-state index contributed by atoms with van der Waals surface area (Å²) in [7, 11) is 4.40. The van der Waals surface area contributed by atoms with Gasteiger partial charge in [0.25, 0.3) is 0 Å². The number of rotatable bonds is 5. The summed E-state index contributed by atoms with van der Waals surface area (Å²) in [5.41, 5.74) is 2.69. The molecular weight excluding hydrogens is 407 g/mol. The molecule has 3 rings (SSSR count). The summed E-state index contributed by atoms with van der Waals surface area (Å²) >= 11 is 5.58. The lowest BCUT2D eigenvalue weighted by atomic mass is 9.94. The zero-order chi connectivity index (χ0) is 22.0. The van der Waals surface area contributed by atoms with Crippen molar-refractivity contribution in [1.82, 2.24) is 5.32 Å². The Morgan fingerprint density at radius 3 is 2.37 bits per heavy atom. The van der Waals surface area contributed by atoms with Crippen molar-refractivity contribution >= 4 is 29.0 Å². The number of hydrogen-bond donors (Lipinski definition) is 1. The zero-order valence-electron chi connectivity index (χ0n) is 17.4. The predicted molar refractivity (Wildman–Crippen MR) is 116 cm³/mol. The van der Waals surface area contributed by atoms with E-state index in [2.05, 4.69) is 5.32 Å². The minimum absolute atomic E-state index is 0.336. The van der Waals surface area contributed by atoms with Crippen LogP contribution in [0.3, 0.4) is 0 Å². The van der Waals surface area contributed by atoms with Crippen LogP contribution < -0.4 is 19.7 Å². The van der Waals surface area contributed by atoms with E-state index in [0.717, 1.165) is 5.56 Å². The maximum atomic E-state index is 14.2. The molecule has 0 fully saturated rings. The summed E-state index contributed by atoms with van der Waals surface area (Å²) in [5.74, 6) is 0.217. The van der Waals surface area contributed by atoms with Crippen LogP contribution in [0.4, 0.5) is 10.1 Å². The molecule has 1 unspecified atom stereocenters. The number of nitrogens with one attached hydrogen (secondary N) is 1. The molecule has 0 amide bonds. The number of carbonyl (C=O) groups excluding carboxylic acids is 1. The molecule has 0 radical (unpaired) electrons. The van der Waals surface area contributed by atoms with Crippen LogP contribution in [0.25, 0.3) is 0 Å². The predicted octanol–water partition coefficient (Wildman–Crippen LogP) is 4.03. The summed E-state index contributed by atoms with van der Waals surface area (Å²) in [6.45, 7) is 3.44. The van der Waals surface area contributed by atoms with Crippen molar-refractivity contribution in [2.24, 2.45) is 0 Å². The number of carbonyl (C=O) groups is 1. The summed E-state index contributed by atoms with van der Waals surface area (Å²) in [6.07, 6.45) is 0. The Morgan fingerprint density at radius 1 is 1.07 bits per heavy atom. The van der Waals surface area contributed by atoms with Crippen LogP contribution in [-0.2, 0) is 9.53 Å². The average molecular weight is 431 g/mol. The number of ether oxygens (including phenoxy) is 3. The average Bonchev–Trinajstić information content (AvgIpc) is 2.74. The van der Waals surface area contributed by atoms with Gasteiger partial charge in [-0.25, -0.2) is 9.18 Å². The number of esters is 1. The maximum absolute atomic E-state index is 14.2. The number of methoxy groups -OCH3 is 3. The van der Waals surface area contributed by atoms with Crippen molar-refractivity contribution < 1.29 is 23.4 Å². The Kier molecular flexibility index (Phi) is 6.26. The molecule has 6 nitrogen and oxygen atoms in total. The molecule has 1 N–H and O–H groups in total. The first-order chi connectivity index (χ1) is 14.3. The fourth-order valence-corrected chi connectivity index (χ4v) is 3.79. The third-order valence-corrected chi connectivity index (χ3v) is 5.35. The van der Waals surface area contributed by atoms with Crippen LogP contribution in [0.5, 0.6) is 11.5 Å². The monoisotopic (exact) mass is 430 g/mol. The van der Waals surface area contributed by atoms with E-state index in [0.29, 0.717) is 39.1 Å². The third kappa shape index (κ3) is 3.82. The topological polar surface area (TPSA) is 60.0 Å². The lowest BCUT2D eigenvalue weighted by molar-refractivity contribution is -0.136. The first-order valence-electron chi connectivity index (χ1n) is 9.20. The number of allylic oxidation sites excluding steroid dienone is 1. The number of anilines is 1. The molecule has 0 spiro atoms. The lowest BCUT2D eigenvalue weighted by Crippen LogP contribution is -2.48. The molecule has 0 bridgehead atoms. The van der Waals surface area contributed by atoms with Gasteiger partial charge in [-0.05, 0) is 61.5 Å². The van der Waals surface area contributed by atoms with Gasteiger partial charge >= 0.3 is 5.97 Å². The summed E-state index contributed by atoms with van der Waals surface area (Å²) in [6, 6.07) is 9.58. The van der Waals surface area contributed by atoms with Gasteiger partial charge in [-0.3, -0.25) is 4.90 Å². The fourth-order valence-electron chi connectivity index (χ4n) is 3.43. The van der Waals surface area contributed by atoms with Gasteiger partial charge in [-0.2, -0.15) is 0 Å². The molecule has 30 heavy (non-hydrogen) atoms. The molecule has 2 aromatic rings. The van der Waals surface area contributed by atoms with Crippen molar-refractivity contribution in [3.63, 3.8) is 0 Å². The van der Waals surface area contributed by atoms with Crippen molar-refractivity contribution in [2.45, 2.75) is 19.9 Å². The van der Waals surface area contributed by atoms with Crippen molar-refractivity contribution in [1.29, 1.82) is 0 Å². The molecular formula is C22H23FN2O4S. The first kappa shape index (κ1) is 21.6. The highest BCUT2D eigenvalue weighted by Gasteiger charge is 2.35. The van der Waals surface area contributed by atoms with E-state index in [9.17, 15) is 9.18 Å². The van der Waals surface area contributed by atoms with Crippen LogP contribution in [0, 0.1) is 12.7 Å². The van der Waals surface area contributed by atoms with E-state index < -0.39 is 12.0 Å². The van der Waals surface area contributed by atoms with Crippen LogP contribution in [-0.4, -0.2) is 32.4 Å². The second-order valence-electron chi connectivity index (χ2n) is 6.76. The van der Waals surface area contributed by atoms with Gasteiger partial charge in [0, 0.05) is 5.70 Å². The smallest absolute Gasteiger partial charge is 0.337 e. The molecule has 8 heteroatoms. The molecule has 1 aliphatic heterocycles. The van der Waals surface area contributed by atoms with Crippen LogP contribution >= 0.6 is 12.2 Å². The quantitative estimate of drug-likeness (QED) is 0.568. The Balaban J connectivity index is 2.15. The van der Waals surface area contributed by atoms with E-state index in [1.54, 1.807) is 50.1 Å². The van der Waals surface area contributed by atoms with Gasteiger partial charge in [-0.15, -0.1) is 0 Å². The van der Waals surface area contributed by atoms with Gasteiger partial charge in [-0.1, -0.05) is 12.1 Å². The first-order valence-corrected chi connectivity index (χ1v) is 9.61. The number of hydrogen-bond acceptors (Lipinski definition) is 5. The van der Waals surface area contributed by atoms with Crippen molar-refractivity contribution in [2.75, 3.05) is 26.2 Å². The lowest BCUT2D eigenvalue weighted by Gasteiger charge is -2.37. The minimum Gasteiger partial charge on any atom is -0.493 e. The highest BCUT2D eigenvalue weighted by molar-refractivity contribution is 7.80. The van der Waals surface area contributed by atoms with Gasteiger partial charge in [0.2, 0.25) is 0 Å². The standard InChI is InChI=1S/C22H23FN2O4S/c1-12-6-8-15(11-16(12)23)25-13(2)19(21(26)29-5)20(24-22(25)30)14-7-9-17(27-3)18(10-14)28-4/h6-11,20H,1-5H3,(H,24,30). The van der Waals surface area contributed by atoms with E-state index in [4.69, 9.17) is 26.4 Å². The van der Waals surface area contributed by atoms with Crippen LogP contribution in [0.15, 0.2) is 47.7 Å². The van der Waals surface area contributed by atoms with E-state index in [1.807, 2.05) is 6.07 Å². The summed E-state index contributed by atoms with van der Waals surface area (Å²) in [5, 5.41) is 3.52. The Morgan fingerprint density at radius 2 is 1.77 bits per heavy atom. The zero-order valence-corrected chi connectivity index (χ0v) is 18.2. The maximum Gasteiger partial charge on any atom is 0.337 e. The largest absolute Gasteiger partial charge is 0.493 e. The van der Waals surface area contributed by atoms with Gasteiger partial charge < -0.3 is 19.5 Å². The number of halogens is 1. The van der Waals surface area contributed by atoms with Gasteiger partial charge in [0.15, 0.2) is 16.6 Å². The minimum atomic E-state index is -0.573. The van der Waals surface area contributed by atoms with Crippen molar-refractivity contribution in [3.05, 3.63) is 64.6 Å². The van der Waals surface area contributed by atoms with Crippen molar-refractivity contribution in [3.8, 4) is 11.5 Å². The highest BCUT2D eigenvalue weighted by Crippen LogP contribution is 2.37. The molecule has 0 saturated heterocycles. The second-order valence-corrected chi connectivity index (χ2v) is 7.14. The van der Waals surface area contributed by atoms with E-state index in [1.165, 1.54) is 20.3 Å². The van der Waals surface area contributed by atoms with E-state index in [-0.39, 0.29) is 5.82 Å². The molecule has 0 aromatic heterocycles. The van der Waals surface area contributed by atoms with Gasteiger partial charge in [0.1, 0.15) is 5.82 Å². The molecule has 1 aliphatic rings. The second kappa shape index (κ2) is 8.71. The summed E-state index contributed by atoms with van der Waals surface area (Å²) in [4.78, 5) is 14.3. The number of thiocarbonyl (C=S) groups is 1. The third-order valence-electron chi connectivity index (χ3n) is 5.04. The van der Waals surface area contributed by atoms with Crippen LogP contribution in [0.2, 0.25) is 0 Å². The molecule has 2 aromatic carbocycles. The fraction of sp³-hybridized carbons (Fsp3) is 0.273. The number of aryl methyl sites for hydroxylation is 1. The Labute approximate surface area is 180 Å². The SMILES string of the molecule is COC(=O)C1=C(C)N(c2ccc(C)c(F)c2)C(=S)NC1c1ccc(OC)c(OC)c1. The molecule has 158 valence electrons. The van der Waals surface area contributed by atoms with Gasteiger partial charge in [0.05, 0.1) is 38.6 Å². The van der Waals surface area contributed by atoms with E-state index >= 15 is 0 Å².